The minimum atomic E-state index is -0.235. The number of anilines is 2. The van der Waals surface area contributed by atoms with E-state index in [0.717, 1.165) is 48.5 Å². The van der Waals surface area contributed by atoms with Crippen molar-refractivity contribution < 1.29 is 5.11 Å². The molecule has 3 aromatic rings. The molecule has 0 atom stereocenters. The number of pyridine rings is 1. The predicted octanol–water partition coefficient (Wildman–Crippen LogP) is 2.27. The lowest BCUT2D eigenvalue weighted by molar-refractivity contribution is 0.165. The first-order valence-corrected chi connectivity index (χ1v) is 10.5. The Balaban J connectivity index is 1.37. The molecule has 4 heterocycles. The maximum Gasteiger partial charge on any atom is 0.247 e. The number of aliphatic hydroxyl groups is 1. The van der Waals surface area contributed by atoms with Crippen LogP contribution in [-0.2, 0) is 5.41 Å². The minimum Gasteiger partial charge on any atom is -0.395 e. The Morgan fingerprint density at radius 3 is 2.67 bits per heavy atom. The molecule has 0 unspecified atom stereocenters. The number of nitrogens with zero attached hydrogens (tertiary/aromatic N) is 4. The summed E-state index contributed by atoms with van der Waals surface area (Å²) in [5.41, 5.74) is 9.74. The number of halogens is 1. The average Bonchev–Trinajstić information content (AvgIpc) is 3.44. The highest BCUT2D eigenvalue weighted by molar-refractivity contribution is 6.30. The summed E-state index contributed by atoms with van der Waals surface area (Å²) < 4.78 is 1.81. The first-order valence-electron chi connectivity index (χ1n) is 10.1. The molecule has 0 spiro atoms. The lowest BCUT2D eigenvalue weighted by Gasteiger charge is -2.42. The summed E-state index contributed by atoms with van der Waals surface area (Å²) in [5.74, 6) is 0.571. The van der Waals surface area contributed by atoms with Crippen LogP contribution in [-0.4, -0.2) is 45.9 Å². The van der Waals surface area contributed by atoms with Crippen LogP contribution in [0.1, 0.15) is 18.4 Å². The van der Waals surface area contributed by atoms with Crippen LogP contribution in [0.4, 0.5) is 11.6 Å². The van der Waals surface area contributed by atoms with E-state index >= 15 is 0 Å². The lowest BCUT2D eigenvalue weighted by Crippen LogP contribution is -2.45. The van der Waals surface area contributed by atoms with Gasteiger partial charge in [-0.2, -0.15) is 4.98 Å². The van der Waals surface area contributed by atoms with Crippen LogP contribution in [0.15, 0.2) is 54.5 Å². The molecule has 0 bridgehead atoms. The van der Waals surface area contributed by atoms with Gasteiger partial charge in [-0.3, -0.25) is 0 Å². The van der Waals surface area contributed by atoms with Gasteiger partial charge in [-0.15, -0.1) is 5.10 Å². The van der Waals surface area contributed by atoms with Crippen molar-refractivity contribution in [1.82, 2.24) is 25.4 Å². The van der Waals surface area contributed by atoms with Gasteiger partial charge in [0.15, 0.2) is 5.65 Å². The Bertz CT molecular complexity index is 1070. The van der Waals surface area contributed by atoms with Crippen LogP contribution < -0.4 is 21.1 Å². The molecule has 5 rings (SSSR count). The van der Waals surface area contributed by atoms with Crippen LogP contribution in [0.3, 0.4) is 0 Å². The van der Waals surface area contributed by atoms with Gasteiger partial charge < -0.3 is 20.7 Å². The van der Waals surface area contributed by atoms with E-state index in [9.17, 15) is 5.11 Å². The van der Waals surface area contributed by atoms with E-state index < -0.39 is 0 Å². The molecular weight excluding hydrogens is 402 g/mol. The van der Waals surface area contributed by atoms with Crippen LogP contribution in [0.2, 0.25) is 5.02 Å². The Labute approximate surface area is 179 Å². The third kappa shape index (κ3) is 3.47. The van der Waals surface area contributed by atoms with Crippen molar-refractivity contribution >= 4 is 28.9 Å². The number of nitrogens with one attached hydrogen (secondary N) is 3. The summed E-state index contributed by atoms with van der Waals surface area (Å²) in [7, 11) is 0. The summed E-state index contributed by atoms with van der Waals surface area (Å²) >= 11 is 6.05. The van der Waals surface area contributed by atoms with E-state index in [1.807, 2.05) is 42.7 Å². The molecular formula is C21H24ClN7O. The highest BCUT2D eigenvalue weighted by Gasteiger charge is 2.36. The Morgan fingerprint density at radius 1 is 1.17 bits per heavy atom. The van der Waals surface area contributed by atoms with Gasteiger partial charge in [0.2, 0.25) is 5.95 Å². The molecule has 2 aromatic heterocycles. The standard InChI is InChI=1S/C21H24ClN7O/c22-16-5-3-15(4-6-16)21(14-30)7-10-28(11-8-21)18-2-1-9-29-19(18)26-20(27-29)25-17-12-23-24-13-17/h1-6,9,12,23-24,30H,7-8,10-11,13-14H2,(H,25,27). The second-order valence-electron chi connectivity index (χ2n) is 7.82. The van der Waals surface area contributed by atoms with Crippen molar-refractivity contribution in [3.05, 3.63) is 65.1 Å². The normalized spacial score (nSPS) is 18.3. The van der Waals surface area contributed by atoms with E-state index in [-0.39, 0.29) is 12.0 Å². The number of rotatable bonds is 5. The fourth-order valence-electron chi connectivity index (χ4n) is 4.27. The van der Waals surface area contributed by atoms with Crippen LogP contribution in [0.25, 0.3) is 5.65 Å². The molecule has 0 aliphatic carbocycles. The van der Waals surface area contributed by atoms with Crippen LogP contribution in [0, 0.1) is 0 Å². The van der Waals surface area contributed by atoms with Crippen molar-refractivity contribution in [1.29, 1.82) is 0 Å². The molecule has 0 radical (unpaired) electrons. The fraction of sp³-hybridized carbons (Fsp3) is 0.333. The van der Waals surface area contributed by atoms with Crippen molar-refractivity contribution in [3.63, 3.8) is 0 Å². The van der Waals surface area contributed by atoms with Crippen molar-refractivity contribution in [2.75, 3.05) is 36.5 Å². The fourth-order valence-corrected chi connectivity index (χ4v) is 4.39. The summed E-state index contributed by atoms with van der Waals surface area (Å²) in [4.78, 5) is 7.04. The minimum absolute atomic E-state index is 0.128. The van der Waals surface area contributed by atoms with E-state index in [1.54, 1.807) is 4.52 Å². The summed E-state index contributed by atoms with van der Waals surface area (Å²) in [6.45, 7) is 2.49. The maximum absolute atomic E-state index is 10.2. The van der Waals surface area contributed by atoms with E-state index in [4.69, 9.17) is 16.6 Å². The van der Waals surface area contributed by atoms with Gasteiger partial charge in [-0.05, 0) is 42.7 Å². The number of benzene rings is 1. The number of piperidine rings is 1. The molecule has 9 heteroatoms. The molecule has 8 nitrogen and oxygen atoms in total. The van der Waals surface area contributed by atoms with Crippen LogP contribution in [0.5, 0.6) is 0 Å². The zero-order valence-electron chi connectivity index (χ0n) is 16.5. The Morgan fingerprint density at radius 2 is 1.97 bits per heavy atom. The van der Waals surface area contributed by atoms with E-state index in [2.05, 4.69) is 32.2 Å². The molecule has 156 valence electrons. The largest absolute Gasteiger partial charge is 0.395 e. The third-order valence-corrected chi connectivity index (χ3v) is 6.31. The summed E-state index contributed by atoms with van der Waals surface area (Å²) in [6.07, 6.45) is 5.49. The highest BCUT2D eigenvalue weighted by Crippen LogP contribution is 2.37. The number of fused-ring (bicyclic) bond motifs is 1. The van der Waals surface area contributed by atoms with Gasteiger partial charge in [0.25, 0.3) is 0 Å². The van der Waals surface area contributed by atoms with E-state index in [1.165, 1.54) is 0 Å². The third-order valence-electron chi connectivity index (χ3n) is 6.06. The molecule has 4 N–H and O–H groups in total. The number of hydrogen-bond donors (Lipinski definition) is 4. The first-order chi connectivity index (χ1) is 14.7. The first kappa shape index (κ1) is 19.2. The number of aliphatic hydroxyl groups excluding tert-OH is 1. The van der Waals surface area contributed by atoms with Gasteiger partial charge in [-0.1, -0.05) is 23.7 Å². The molecule has 1 aromatic carbocycles. The molecule has 0 amide bonds. The Kier molecular flexibility index (Phi) is 4.98. The quantitative estimate of drug-likeness (QED) is 0.498. The van der Waals surface area contributed by atoms with Gasteiger partial charge >= 0.3 is 0 Å². The molecule has 1 saturated heterocycles. The van der Waals surface area contributed by atoms with Gasteiger partial charge in [0.05, 0.1) is 24.5 Å². The van der Waals surface area contributed by atoms with Gasteiger partial charge in [0.1, 0.15) is 0 Å². The van der Waals surface area contributed by atoms with Gasteiger partial charge in [0, 0.05) is 35.9 Å². The zero-order valence-corrected chi connectivity index (χ0v) is 17.2. The van der Waals surface area contributed by atoms with Crippen LogP contribution >= 0.6 is 11.6 Å². The predicted molar refractivity (Wildman–Crippen MR) is 117 cm³/mol. The topological polar surface area (TPSA) is 89.8 Å². The Hall–Kier alpha value is -2.81. The summed E-state index contributed by atoms with van der Waals surface area (Å²) in [5, 5.41) is 18.7. The molecule has 2 aliphatic rings. The molecule has 30 heavy (non-hydrogen) atoms. The monoisotopic (exact) mass is 425 g/mol. The zero-order chi connectivity index (χ0) is 20.6. The number of aromatic nitrogens is 3. The van der Waals surface area contributed by atoms with Crippen molar-refractivity contribution in [2.24, 2.45) is 0 Å². The lowest BCUT2D eigenvalue weighted by atomic mass is 9.73. The number of hydrazine groups is 1. The van der Waals surface area contributed by atoms with Crippen molar-refractivity contribution in [2.45, 2.75) is 18.3 Å². The van der Waals surface area contributed by atoms with Gasteiger partial charge in [-0.25, -0.2) is 9.94 Å². The molecule has 0 saturated carbocycles. The van der Waals surface area contributed by atoms with E-state index in [0.29, 0.717) is 17.5 Å². The highest BCUT2D eigenvalue weighted by atomic mass is 35.5. The second-order valence-corrected chi connectivity index (χ2v) is 8.26. The smallest absolute Gasteiger partial charge is 0.247 e. The van der Waals surface area contributed by atoms with Crippen molar-refractivity contribution in [3.8, 4) is 0 Å². The second kappa shape index (κ2) is 7.79. The maximum atomic E-state index is 10.2. The average molecular weight is 426 g/mol. The molecule has 1 fully saturated rings. The molecule has 2 aliphatic heterocycles. The summed E-state index contributed by atoms with van der Waals surface area (Å²) in [6, 6.07) is 11.9. The SMILES string of the molecule is OCC1(c2ccc(Cl)cc2)CCN(c2cccn3nc(NC4=CNNC4)nc23)CC1. The number of hydrogen-bond acceptors (Lipinski definition) is 7.